The number of carboxylic acid groups (broad SMARTS) is 1. The lowest BCUT2D eigenvalue weighted by atomic mass is 9.85. The van der Waals surface area contributed by atoms with E-state index in [9.17, 15) is 14.4 Å². The lowest BCUT2D eigenvalue weighted by molar-refractivity contribution is -0.142. The van der Waals surface area contributed by atoms with Crippen molar-refractivity contribution >= 4 is 29.4 Å². The first kappa shape index (κ1) is 12.1. The third-order valence-corrected chi connectivity index (χ3v) is 3.52. The van der Waals surface area contributed by atoms with Crippen molar-refractivity contribution in [3.63, 3.8) is 0 Å². The summed E-state index contributed by atoms with van der Waals surface area (Å²) in [4.78, 5) is 35.4. The van der Waals surface area contributed by atoms with E-state index >= 15 is 0 Å². The van der Waals surface area contributed by atoms with Crippen molar-refractivity contribution in [1.82, 2.24) is 4.90 Å². The normalized spacial score (nSPS) is 28.1. The van der Waals surface area contributed by atoms with Crippen LogP contribution in [0.3, 0.4) is 0 Å². The molecule has 2 amide bonds. The average molecular weight is 258 g/mol. The second-order valence-corrected chi connectivity index (χ2v) is 4.76. The first-order valence-electron chi connectivity index (χ1n) is 5.42. The number of allylic oxidation sites excluding steroid dienone is 2. The molecule has 0 saturated carbocycles. The van der Waals surface area contributed by atoms with E-state index in [4.69, 9.17) is 16.7 Å². The molecule has 2 aliphatic rings. The molecule has 1 aliphatic heterocycles. The predicted octanol–water partition coefficient (Wildman–Crippen LogP) is 0.979. The largest absolute Gasteiger partial charge is 0.481 e. The zero-order valence-corrected chi connectivity index (χ0v) is 9.81. The summed E-state index contributed by atoms with van der Waals surface area (Å²) in [7, 11) is 0. The Morgan fingerprint density at radius 1 is 1.41 bits per heavy atom. The van der Waals surface area contributed by atoms with Gasteiger partial charge in [0.1, 0.15) is 0 Å². The van der Waals surface area contributed by atoms with Crippen LogP contribution in [0.1, 0.15) is 19.3 Å². The SMILES string of the molecule is O=C(O)CCN1C(=O)C2CC=C(Cl)CC2C1=O. The Bertz CT molecular complexity index is 418. The Kier molecular flexibility index (Phi) is 3.19. The average Bonchev–Trinajstić information content (AvgIpc) is 2.49. The molecule has 0 aromatic carbocycles. The zero-order chi connectivity index (χ0) is 12.6. The molecule has 6 heteroatoms. The number of hydrogen-bond donors (Lipinski definition) is 1. The summed E-state index contributed by atoms with van der Waals surface area (Å²) >= 11 is 5.86. The first-order chi connectivity index (χ1) is 8.00. The van der Waals surface area contributed by atoms with Crippen molar-refractivity contribution in [2.24, 2.45) is 11.8 Å². The maximum atomic E-state index is 11.9. The van der Waals surface area contributed by atoms with Crippen LogP contribution in [0.15, 0.2) is 11.1 Å². The molecule has 0 aromatic rings. The fraction of sp³-hybridized carbons (Fsp3) is 0.545. The van der Waals surface area contributed by atoms with Crippen molar-refractivity contribution < 1.29 is 19.5 Å². The fourth-order valence-electron chi connectivity index (χ4n) is 2.32. The molecule has 5 nitrogen and oxygen atoms in total. The van der Waals surface area contributed by atoms with Gasteiger partial charge in [0.25, 0.3) is 0 Å². The van der Waals surface area contributed by atoms with Crippen LogP contribution in [0, 0.1) is 11.8 Å². The Labute approximate surface area is 103 Å². The molecule has 2 rings (SSSR count). The van der Waals surface area contributed by atoms with E-state index in [1.54, 1.807) is 6.08 Å². The van der Waals surface area contributed by atoms with Gasteiger partial charge in [-0.2, -0.15) is 0 Å². The fourth-order valence-corrected chi connectivity index (χ4v) is 2.58. The number of imide groups is 1. The molecule has 92 valence electrons. The number of carbonyl (C=O) groups excluding carboxylic acids is 2. The molecule has 1 N–H and O–H groups in total. The first-order valence-corrected chi connectivity index (χ1v) is 5.80. The van der Waals surface area contributed by atoms with E-state index < -0.39 is 11.9 Å². The van der Waals surface area contributed by atoms with E-state index in [1.165, 1.54) is 0 Å². The minimum Gasteiger partial charge on any atom is -0.481 e. The molecule has 1 aliphatic carbocycles. The number of carbonyl (C=O) groups is 3. The molecule has 17 heavy (non-hydrogen) atoms. The number of nitrogens with zero attached hydrogens (tertiary/aromatic N) is 1. The predicted molar refractivity (Wildman–Crippen MR) is 59.1 cm³/mol. The highest BCUT2D eigenvalue weighted by Gasteiger charge is 2.48. The van der Waals surface area contributed by atoms with Gasteiger partial charge in [-0.25, -0.2) is 0 Å². The molecule has 1 fully saturated rings. The number of carboxylic acids is 1. The van der Waals surface area contributed by atoms with Crippen molar-refractivity contribution in [1.29, 1.82) is 0 Å². The van der Waals surface area contributed by atoms with E-state index in [-0.39, 0.29) is 30.7 Å². The van der Waals surface area contributed by atoms with Crippen LogP contribution in [0.5, 0.6) is 0 Å². The number of rotatable bonds is 3. The number of amides is 2. The van der Waals surface area contributed by atoms with Crippen LogP contribution in [-0.4, -0.2) is 34.3 Å². The Morgan fingerprint density at radius 3 is 2.71 bits per heavy atom. The molecule has 2 atom stereocenters. The summed E-state index contributed by atoms with van der Waals surface area (Å²) in [6.45, 7) is -0.0440. The Morgan fingerprint density at radius 2 is 2.06 bits per heavy atom. The monoisotopic (exact) mass is 257 g/mol. The highest BCUT2D eigenvalue weighted by atomic mass is 35.5. The van der Waals surface area contributed by atoms with Crippen molar-refractivity contribution in [2.75, 3.05) is 6.54 Å². The minimum atomic E-state index is -1.02. The topological polar surface area (TPSA) is 74.7 Å². The van der Waals surface area contributed by atoms with Gasteiger partial charge in [0, 0.05) is 11.6 Å². The molecular formula is C11H12ClNO4. The molecule has 2 unspecified atom stereocenters. The summed E-state index contributed by atoms with van der Waals surface area (Å²) in [5.74, 6) is -2.31. The van der Waals surface area contributed by atoms with Crippen LogP contribution in [0.25, 0.3) is 0 Å². The molecule has 1 saturated heterocycles. The Hall–Kier alpha value is -1.36. The van der Waals surface area contributed by atoms with E-state index in [1.807, 2.05) is 0 Å². The van der Waals surface area contributed by atoms with Gasteiger partial charge < -0.3 is 5.11 Å². The van der Waals surface area contributed by atoms with Crippen LogP contribution in [0.2, 0.25) is 0 Å². The second-order valence-electron chi connectivity index (χ2n) is 4.28. The number of likely N-dealkylation sites (tertiary alicyclic amines) is 1. The third kappa shape index (κ3) is 2.20. The van der Waals surface area contributed by atoms with Gasteiger partial charge in [0.15, 0.2) is 0 Å². The summed E-state index contributed by atoms with van der Waals surface area (Å²) in [6, 6.07) is 0. The standard InChI is InChI=1S/C11H12ClNO4/c12-6-1-2-7-8(5-6)11(17)13(10(7)16)4-3-9(14)15/h1,7-8H,2-5H2,(H,14,15). The highest BCUT2D eigenvalue weighted by molar-refractivity contribution is 6.30. The number of aliphatic carboxylic acids is 1. The highest BCUT2D eigenvalue weighted by Crippen LogP contribution is 2.38. The van der Waals surface area contributed by atoms with Crippen molar-refractivity contribution in [3.8, 4) is 0 Å². The van der Waals surface area contributed by atoms with Crippen LogP contribution in [0.4, 0.5) is 0 Å². The zero-order valence-electron chi connectivity index (χ0n) is 9.06. The number of hydrogen-bond acceptors (Lipinski definition) is 3. The summed E-state index contributed by atoms with van der Waals surface area (Å²) in [6.07, 6.45) is 2.41. The van der Waals surface area contributed by atoms with E-state index in [2.05, 4.69) is 0 Å². The smallest absolute Gasteiger partial charge is 0.305 e. The summed E-state index contributed by atoms with van der Waals surface area (Å²) in [5, 5.41) is 9.17. The second kappa shape index (κ2) is 4.49. The van der Waals surface area contributed by atoms with Crippen LogP contribution >= 0.6 is 11.6 Å². The van der Waals surface area contributed by atoms with Gasteiger partial charge in [0.2, 0.25) is 11.8 Å². The van der Waals surface area contributed by atoms with Gasteiger partial charge in [0.05, 0.1) is 18.3 Å². The quantitative estimate of drug-likeness (QED) is 0.765. The van der Waals surface area contributed by atoms with E-state index in [0.717, 1.165) is 4.90 Å². The molecule has 0 aromatic heterocycles. The molecule has 1 heterocycles. The molecule has 0 bridgehead atoms. The van der Waals surface area contributed by atoms with Gasteiger partial charge in [-0.05, 0) is 12.8 Å². The van der Waals surface area contributed by atoms with Gasteiger partial charge in [-0.1, -0.05) is 17.7 Å². The van der Waals surface area contributed by atoms with Crippen LogP contribution < -0.4 is 0 Å². The molecule has 0 spiro atoms. The maximum absolute atomic E-state index is 11.9. The third-order valence-electron chi connectivity index (χ3n) is 3.21. The van der Waals surface area contributed by atoms with Crippen molar-refractivity contribution in [3.05, 3.63) is 11.1 Å². The number of halogens is 1. The molecule has 0 radical (unpaired) electrons. The van der Waals surface area contributed by atoms with Gasteiger partial charge >= 0.3 is 5.97 Å². The lowest BCUT2D eigenvalue weighted by Crippen LogP contribution is -2.33. The Balaban J connectivity index is 2.11. The summed E-state index contributed by atoms with van der Waals surface area (Å²) < 4.78 is 0. The maximum Gasteiger partial charge on any atom is 0.305 e. The van der Waals surface area contributed by atoms with Crippen LogP contribution in [-0.2, 0) is 14.4 Å². The minimum absolute atomic E-state index is 0.0440. The van der Waals surface area contributed by atoms with E-state index in [0.29, 0.717) is 17.9 Å². The molecular weight excluding hydrogens is 246 g/mol. The van der Waals surface area contributed by atoms with Gasteiger partial charge in [-0.3, -0.25) is 19.3 Å². The van der Waals surface area contributed by atoms with Gasteiger partial charge in [-0.15, -0.1) is 0 Å². The number of fused-ring (bicyclic) bond motifs is 1. The van der Waals surface area contributed by atoms with Crippen molar-refractivity contribution in [2.45, 2.75) is 19.3 Å². The lowest BCUT2D eigenvalue weighted by Gasteiger charge is -2.17. The summed E-state index contributed by atoms with van der Waals surface area (Å²) in [5.41, 5.74) is 0.